The summed E-state index contributed by atoms with van der Waals surface area (Å²) in [5, 5.41) is 1.23. The molecule has 1 fully saturated rings. The molecule has 0 radical (unpaired) electrons. The van der Waals surface area contributed by atoms with Crippen LogP contribution in [0.2, 0.25) is 20.1 Å². The van der Waals surface area contributed by atoms with E-state index in [4.69, 9.17) is 60.6 Å². The normalized spacial score (nSPS) is 31.0. The Morgan fingerprint density at radius 3 is 2.32 bits per heavy atom. The smallest absolute Gasteiger partial charge is 0.182 e. The fraction of sp³-hybridized carbons (Fsp3) is 0.467. The number of benzene rings is 1. The monoisotopic (exact) mass is 380 g/mol. The maximum atomic E-state index is 6.49. The molecule has 1 aliphatic heterocycles. The SMILES string of the molecule is CO[C@]12C=C[C@H](c3c(Cl)c(Cl)c(Cl)c(Cl)c31)C1(C2)OCCO1. The average molecular weight is 382 g/mol. The van der Waals surface area contributed by atoms with Crippen LogP contribution in [0.3, 0.4) is 0 Å². The summed E-state index contributed by atoms with van der Waals surface area (Å²) in [6.45, 7) is 1.07. The van der Waals surface area contributed by atoms with Crippen molar-refractivity contribution in [1.82, 2.24) is 0 Å². The van der Waals surface area contributed by atoms with Crippen LogP contribution in [-0.4, -0.2) is 26.1 Å². The zero-order valence-corrected chi connectivity index (χ0v) is 14.6. The van der Waals surface area contributed by atoms with Gasteiger partial charge in [-0.1, -0.05) is 58.6 Å². The molecule has 7 heteroatoms. The number of methoxy groups -OCH3 is 1. The Bertz CT molecular complexity index is 697. The molecule has 2 bridgehead atoms. The minimum atomic E-state index is -0.790. The molecule has 1 heterocycles. The third-order valence-electron chi connectivity index (χ3n) is 4.72. The minimum Gasteiger partial charge on any atom is -0.369 e. The molecule has 5 rings (SSSR count). The van der Waals surface area contributed by atoms with E-state index in [1.807, 2.05) is 12.2 Å². The molecule has 118 valence electrons. The predicted molar refractivity (Wildman–Crippen MR) is 86.3 cm³/mol. The minimum absolute atomic E-state index is 0.193. The summed E-state index contributed by atoms with van der Waals surface area (Å²) in [5.41, 5.74) is 0.746. The second-order valence-electron chi connectivity index (χ2n) is 5.66. The van der Waals surface area contributed by atoms with Crippen molar-refractivity contribution in [3.8, 4) is 0 Å². The van der Waals surface area contributed by atoms with Crippen LogP contribution in [0.1, 0.15) is 23.5 Å². The Kier molecular flexibility index (Phi) is 3.53. The number of rotatable bonds is 1. The van der Waals surface area contributed by atoms with Crippen molar-refractivity contribution < 1.29 is 14.2 Å². The van der Waals surface area contributed by atoms with Crippen molar-refractivity contribution in [3.05, 3.63) is 43.4 Å². The molecule has 1 spiro atoms. The number of hydrogen-bond acceptors (Lipinski definition) is 3. The van der Waals surface area contributed by atoms with Gasteiger partial charge in [-0.2, -0.15) is 0 Å². The number of hydrogen-bond donors (Lipinski definition) is 0. The second kappa shape index (κ2) is 5.00. The van der Waals surface area contributed by atoms with Gasteiger partial charge in [0.25, 0.3) is 0 Å². The molecule has 0 N–H and O–H groups in total. The van der Waals surface area contributed by atoms with Gasteiger partial charge in [0.05, 0.1) is 39.2 Å². The summed E-state index contributed by atoms with van der Waals surface area (Å²) < 4.78 is 17.7. The van der Waals surface area contributed by atoms with E-state index in [0.29, 0.717) is 29.7 Å². The third-order valence-corrected chi connectivity index (χ3v) is 6.54. The highest BCUT2D eigenvalue weighted by atomic mass is 35.5. The van der Waals surface area contributed by atoms with E-state index in [1.54, 1.807) is 7.11 Å². The molecule has 3 nitrogen and oxygen atoms in total. The van der Waals surface area contributed by atoms with Crippen molar-refractivity contribution in [2.24, 2.45) is 0 Å². The van der Waals surface area contributed by atoms with Gasteiger partial charge in [0.2, 0.25) is 0 Å². The number of halogens is 4. The molecule has 0 amide bonds. The van der Waals surface area contributed by atoms with Crippen LogP contribution in [0.25, 0.3) is 0 Å². The first-order valence-corrected chi connectivity index (χ1v) is 8.36. The highest BCUT2D eigenvalue weighted by Gasteiger charge is 2.60. The van der Waals surface area contributed by atoms with Crippen LogP contribution >= 0.6 is 46.4 Å². The highest BCUT2D eigenvalue weighted by molar-refractivity contribution is 6.52. The lowest BCUT2D eigenvalue weighted by atomic mass is 9.65. The van der Waals surface area contributed by atoms with Gasteiger partial charge in [-0.15, -0.1) is 0 Å². The largest absolute Gasteiger partial charge is 0.369 e. The van der Waals surface area contributed by atoms with E-state index in [0.717, 1.165) is 11.1 Å². The lowest BCUT2D eigenvalue weighted by Crippen LogP contribution is -2.52. The number of ether oxygens (including phenoxy) is 3. The maximum Gasteiger partial charge on any atom is 0.182 e. The lowest BCUT2D eigenvalue weighted by molar-refractivity contribution is -0.215. The molecule has 1 aromatic carbocycles. The van der Waals surface area contributed by atoms with E-state index in [1.165, 1.54) is 0 Å². The van der Waals surface area contributed by atoms with Gasteiger partial charge in [-0.3, -0.25) is 0 Å². The second-order valence-corrected chi connectivity index (χ2v) is 7.17. The Balaban J connectivity index is 2.06. The molecule has 0 saturated carbocycles. The zero-order valence-electron chi connectivity index (χ0n) is 11.6. The summed E-state index contributed by atoms with van der Waals surface area (Å²) in [7, 11) is 1.62. The maximum absolute atomic E-state index is 6.49. The van der Waals surface area contributed by atoms with Crippen LogP contribution < -0.4 is 0 Å². The topological polar surface area (TPSA) is 27.7 Å². The van der Waals surface area contributed by atoms with Crippen LogP contribution in [-0.2, 0) is 19.8 Å². The standard InChI is InChI=1S/C15H12Cl4O3/c1-20-14-3-2-7(15(6-14)21-4-5-22-15)8-9(14)11(17)13(19)12(18)10(8)16/h2-3,7H,4-6H2,1H3/t7-,14+/m1/s1. The van der Waals surface area contributed by atoms with Crippen molar-refractivity contribution in [3.63, 3.8) is 0 Å². The average Bonchev–Trinajstić information content (AvgIpc) is 2.98. The molecule has 0 unspecified atom stereocenters. The van der Waals surface area contributed by atoms with Crippen LogP contribution in [0.5, 0.6) is 0 Å². The van der Waals surface area contributed by atoms with Gasteiger partial charge in [0.15, 0.2) is 5.79 Å². The summed E-state index contributed by atoms with van der Waals surface area (Å²) in [5.74, 6) is -0.983. The quantitative estimate of drug-likeness (QED) is 0.391. The van der Waals surface area contributed by atoms with Gasteiger partial charge >= 0.3 is 0 Å². The predicted octanol–water partition coefficient (Wildman–Crippen LogP) is 4.94. The van der Waals surface area contributed by atoms with E-state index >= 15 is 0 Å². The molecular formula is C15H12Cl4O3. The van der Waals surface area contributed by atoms with Gasteiger partial charge in [0.1, 0.15) is 5.60 Å². The van der Waals surface area contributed by atoms with E-state index in [2.05, 4.69) is 0 Å². The van der Waals surface area contributed by atoms with Crippen molar-refractivity contribution in [2.75, 3.05) is 20.3 Å². The van der Waals surface area contributed by atoms with Crippen LogP contribution in [0, 0.1) is 0 Å². The molecule has 1 saturated heterocycles. The van der Waals surface area contributed by atoms with Crippen molar-refractivity contribution in [2.45, 2.75) is 23.7 Å². The Hall–Kier alpha value is -0.000000000000000153. The molecule has 4 aliphatic rings. The first-order chi connectivity index (χ1) is 10.5. The molecule has 2 atom stereocenters. The Labute approximate surface area is 148 Å². The molecular weight excluding hydrogens is 370 g/mol. The van der Waals surface area contributed by atoms with Gasteiger partial charge in [-0.05, 0) is 5.56 Å². The third kappa shape index (κ3) is 1.76. The van der Waals surface area contributed by atoms with Gasteiger partial charge in [0, 0.05) is 19.1 Å². The van der Waals surface area contributed by atoms with Gasteiger partial charge in [-0.25, -0.2) is 0 Å². The first-order valence-electron chi connectivity index (χ1n) is 6.84. The van der Waals surface area contributed by atoms with E-state index < -0.39 is 11.4 Å². The highest BCUT2D eigenvalue weighted by Crippen LogP contribution is 2.62. The summed E-state index contributed by atoms with van der Waals surface area (Å²) in [6.07, 6.45) is 4.47. The molecule has 22 heavy (non-hydrogen) atoms. The fourth-order valence-corrected chi connectivity index (χ4v) is 4.91. The summed E-state index contributed by atoms with van der Waals surface area (Å²) >= 11 is 25.4. The van der Waals surface area contributed by atoms with E-state index in [9.17, 15) is 0 Å². The summed E-state index contributed by atoms with van der Waals surface area (Å²) in [6, 6.07) is 0. The van der Waals surface area contributed by atoms with Crippen LogP contribution in [0.4, 0.5) is 0 Å². The van der Waals surface area contributed by atoms with E-state index in [-0.39, 0.29) is 16.0 Å². The first kappa shape index (κ1) is 15.5. The summed E-state index contributed by atoms with van der Waals surface area (Å²) in [4.78, 5) is 0. The van der Waals surface area contributed by atoms with Gasteiger partial charge < -0.3 is 14.2 Å². The Morgan fingerprint density at radius 1 is 1.05 bits per heavy atom. The Morgan fingerprint density at radius 2 is 1.68 bits per heavy atom. The molecule has 3 aliphatic carbocycles. The van der Waals surface area contributed by atoms with Crippen molar-refractivity contribution >= 4 is 46.4 Å². The van der Waals surface area contributed by atoms with Crippen molar-refractivity contribution in [1.29, 1.82) is 0 Å². The molecule has 0 aromatic heterocycles. The fourth-order valence-electron chi connectivity index (χ4n) is 3.77. The molecule has 1 aromatic rings. The lowest BCUT2D eigenvalue weighted by Gasteiger charge is -2.51. The zero-order chi connectivity index (χ0) is 15.7. The van der Waals surface area contributed by atoms with Crippen LogP contribution in [0.15, 0.2) is 12.2 Å².